The van der Waals surface area contributed by atoms with Crippen molar-refractivity contribution in [3.8, 4) is 0 Å². The zero-order chi connectivity index (χ0) is 37.4. The molecule has 0 aliphatic carbocycles. The SMILES string of the molecule is CC(C)(C)c1cc(CSCc2cc(CSc3ccccc3)cc(C(C)(C)C)c2)cc(CSCc2cc(CSc3ccccc3)cc(C(C)(C)C)c2)c1. The number of hydrogen-bond acceptors (Lipinski definition) is 4. The van der Waals surface area contributed by atoms with Crippen LogP contribution in [0, 0.1) is 0 Å². The fourth-order valence-corrected chi connectivity index (χ4v) is 9.54. The van der Waals surface area contributed by atoms with Crippen LogP contribution in [0.5, 0.6) is 0 Å². The van der Waals surface area contributed by atoms with Crippen LogP contribution in [0.15, 0.2) is 125 Å². The van der Waals surface area contributed by atoms with Gasteiger partial charge in [-0.1, -0.05) is 153 Å². The predicted octanol–water partition coefficient (Wildman–Crippen LogP) is 15.0. The smallest absolute Gasteiger partial charge is 0.0232 e. The summed E-state index contributed by atoms with van der Waals surface area (Å²) in [7, 11) is 0. The van der Waals surface area contributed by atoms with Crippen molar-refractivity contribution < 1.29 is 0 Å². The van der Waals surface area contributed by atoms with Crippen LogP contribution < -0.4 is 0 Å². The maximum absolute atomic E-state index is 2.47. The van der Waals surface area contributed by atoms with E-state index in [1.807, 2.05) is 47.0 Å². The first-order valence-electron chi connectivity index (χ1n) is 18.5. The molecule has 0 N–H and O–H groups in total. The van der Waals surface area contributed by atoms with E-state index < -0.39 is 0 Å². The van der Waals surface area contributed by atoms with Gasteiger partial charge in [0.25, 0.3) is 0 Å². The summed E-state index contributed by atoms with van der Waals surface area (Å²) in [6.07, 6.45) is 0. The van der Waals surface area contributed by atoms with E-state index in [-0.39, 0.29) is 16.2 Å². The molecule has 5 aromatic rings. The Balaban J connectivity index is 1.26. The lowest BCUT2D eigenvalue weighted by atomic mass is 9.85. The highest BCUT2D eigenvalue weighted by atomic mass is 32.2. The molecular weight excluding hydrogens is 705 g/mol. The van der Waals surface area contributed by atoms with Crippen molar-refractivity contribution in [2.45, 2.75) is 123 Å². The van der Waals surface area contributed by atoms with Crippen molar-refractivity contribution in [3.63, 3.8) is 0 Å². The van der Waals surface area contributed by atoms with Crippen molar-refractivity contribution >= 4 is 47.0 Å². The number of benzene rings is 5. The van der Waals surface area contributed by atoms with E-state index in [0.29, 0.717) is 0 Å². The van der Waals surface area contributed by atoms with Crippen LogP contribution >= 0.6 is 47.0 Å². The molecule has 274 valence electrons. The molecule has 5 aromatic carbocycles. The van der Waals surface area contributed by atoms with E-state index in [9.17, 15) is 0 Å². The Hall–Kier alpha value is -2.50. The highest BCUT2D eigenvalue weighted by Gasteiger charge is 2.19. The minimum absolute atomic E-state index is 0.110. The molecule has 0 atom stereocenters. The lowest BCUT2D eigenvalue weighted by molar-refractivity contribution is 0.589. The van der Waals surface area contributed by atoms with Crippen molar-refractivity contribution in [1.82, 2.24) is 0 Å². The van der Waals surface area contributed by atoms with Gasteiger partial charge in [0.1, 0.15) is 0 Å². The largest absolute Gasteiger partial charge is 0.152 e. The van der Waals surface area contributed by atoms with E-state index in [4.69, 9.17) is 0 Å². The lowest BCUT2D eigenvalue weighted by Crippen LogP contribution is -2.12. The van der Waals surface area contributed by atoms with E-state index >= 15 is 0 Å². The second kappa shape index (κ2) is 18.2. The molecule has 0 bridgehead atoms. The molecule has 0 spiro atoms. The zero-order valence-electron chi connectivity index (χ0n) is 32.8. The van der Waals surface area contributed by atoms with Gasteiger partial charge in [-0.15, -0.1) is 23.5 Å². The fourth-order valence-electron chi connectivity index (χ4n) is 6.03. The lowest BCUT2D eigenvalue weighted by Gasteiger charge is -2.22. The Morgan fingerprint density at radius 1 is 0.327 bits per heavy atom. The van der Waals surface area contributed by atoms with Crippen LogP contribution in [-0.2, 0) is 50.8 Å². The van der Waals surface area contributed by atoms with E-state index in [0.717, 1.165) is 34.5 Å². The summed E-state index contributed by atoms with van der Waals surface area (Å²) in [6, 6.07) is 43.5. The zero-order valence-corrected chi connectivity index (χ0v) is 36.1. The standard InChI is InChI=1S/C48H58S4/c1-46(2,3)41-23-35(29-49-31-37-21-39(27-42(25-37)47(4,5)6)33-51-44-16-12-10-13-17-44)20-36(24-41)30-50-32-38-22-40(28-43(26-38)48(7,8)9)34-52-45-18-14-11-15-19-45/h10-28H,29-34H2,1-9H3. The molecule has 0 aliphatic heterocycles. The van der Waals surface area contributed by atoms with Crippen molar-refractivity contribution in [1.29, 1.82) is 0 Å². The summed E-state index contributed by atoms with van der Waals surface area (Å²) < 4.78 is 0. The molecule has 4 heteroatoms. The van der Waals surface area contributed by atoms with Gasteiger partial charge in [-0.05, 0) is 90.6 Å². The molecule has 5 rings (SSSR count). The third kappa shape index (κ3) is 12.8. The predicted molar refractivity (Wildman–Crippen MR) is 237 cm³/mol. The van der Waals surface area contributed by atoms with Gasteiger partial charge in [0.05, 0.1) is 0 Å². The molecule has 0 aromatic heterocycles. The Bertz CT molecular complexity index is 1740. The van der Waals surface area contributed by atoms with Gasteiger partial charge in [0.2, 0.25) is 0 Å². The average molecular weight is 763 g/mol. The van der Waals surface area contributed by atoms with Gasteiger partial charge in [0.15, 0.2) is 0 Å². The second-order valence-corrected chi connectivity index (χ2v) is 21.1. The normalized spacial score (nSPS) is 12.3. The van der Waals surface area contributed by atoms with E-state index in [2.05, 4.69) is 178 Å². The first kappa shape index (κ1) is 40.7. The molecule has 0 saturated carbocycles. The van der Waals surface area contributed by atoms with E-state index in [1.54, 1.807) is 0 Å². The molecule has 0 aliphatic rings. The number of rotatable bonds is 14. The van der Waals surface area contributed by atoms with Crippen LogP contribution in [0.3, 0.4) is 0 Å². The number of thioether (sulfide) groups is 4. The van der Waals surface area contributed by atoms with Crippen molar-refractivity contribution in [2.24, 2.45) is 0 Å². The molecule has 0 saturated heterocycles. The van der Waals surface area contributed by atoms with Gasteiger partial charge < -0.3 is 0 Å². The molecule has 0 nitrogen and oxygen atoms in total. The summed E-state index contributed by atoms with van der Waals surface area (Å²) in [5, 5.41) is 0. The van der Waals surface area contributed by atoms with Crippen LogP contribution in [0.1, 0.15) is 112 Å². The molecule has 0 radical (unpaired) electrons. The van der Waals surface area contributed by atoms with Gasteiger partial charge in [-0.2, -0.15) is 23.5 Å². The molecule has 52 heavy (non-hydrogen) atoms. The molecular formula is C48H58S4. The van der Waals surface area contributed by atoms with Crippen molar-refractivity contribution in [3.05, 3.63) is 165 Å². The van der Waals surface area contributed by atoms with Crippen LogP contribution in [-0.4, -0.2) is 0 Å². The van der Waals surface area contributed by atoms with E-state index in [1.165, 1.54) is 59.9 Å². The Kier molecular flexibility index (Phi) is 14.3. The monoisotopic (exact) mass is 762 g/mol. The highest BCUT2D eigenvalue weighted by Crippen LogP contribution is 2.34. The van der Waals surface area contributed by atoms with Crippen molar-refractivity contribution in [2.75, 3.05) is 0 Å². The topological polar surface area (TPSA) is 0 Å². The summed E-state index contributed by atoms with van der Waals surface area (Å²) in [6.45, 7) is 21.0. The third-order valence-corrected chi connectivity index (χ3v) is 13.4. The van der Waals surface area contributed by atoms with Gasteiger partial charge in [-0.25, -0.2) is 0 Å². The van der Waals surface area contributed by atoms with Gasteiger partial charge >= 0.3 is 0 Å². The number of hydrogen-bond donors (Lipinski definition) is 0. The first-order chi connectivity index (χ1) is 24.6. The van der Waals surface area contributed by atoms with Gasteiger partial charge in [-0.3, -0.25) is 0 Å². The molecule has 0 amide bonds. The quantitative estimate of drug-likeness (QED) is 0.103. The molecule has 0 unspecified atom stereocenters. The Morgan fingerprint density at radius 3 is 0.827 bits per heavy atom. The maximum Gasteiger partial charge on any atom is 0.0232 e. The highest BCUT2D eigenvalue weighted by molar-refractivity contribution is 7.99. The Morgan fingerprint density at radius 2 is 0.577 bits per heavy atom. The van der Waals surface area contributed by atoms with Crippen LogP contribution in [0.2, 0.25) is 0 Å². The summed E-state index contributed by atoms with van der Waals surface area (Å²) in [4.78, 5) is 2.65. The summed E-state index contributed by atoms with van der Waals surface area (Å²) >= 11 is 7.94. The van der Waals surface area contributed by atoms with Crippen LogP contribution in [0.4, 0.5) is 0 Å². The van der Waals surface area contributed by atoms with Gasteiger partial charge in [0, 0.05) is 44.3 Å². The minimum Gasteiger partial charge on any atom is -0.152 e. The third-order valence-electron chi connectivity index (χ3n) is 9.13. The fraction of sp³-hybridized carbons (Fsp3) is 0.375. The minimum atomic E-state index is 0.110. The second-order valence-electron chi connectivity index (χ2n) is 17.1. The first-order valence-corrected chi connectivity index (χ1v) is 22.8. The summed E-state index contributed by atoms with van der Waals surface area (Å²) in [5.74, 6) is 6.07. The summed E-state index contributed by atoms with van der Waals surface area (Å²) in [5.41, 5.74) is 13.2. The van der Waals surface area contributed by atoms with Crippen LogP contribution in [0.25, 0.3) is 0 Å². The molecule has 0 heterocycles. The Labute approximate surface area is 333 Å². The average Bonchev–Trinajstić information content (AvgIpc) is 3.09. The molecule has 0 fully saturated rings. The maximum atomic E-state index is 2.47.